The lowest BCUT2D eigenvalue weighted by atomic mass is 10.0. The maximum Gasteiger partial charge on any atom is 0.259 e. The van der Waals surface area contributed by atoms with E-state index in [9.17, 15) is 4.79 Å². The summed E-state index contributed by atoms with van der Waals surface area (Å²) < 4.78 is 6.63. The van der Waals surface area contributed by atoms with Crippen molar-refractivity contribution in [2.24, 2.45) is 0 Å². The molecule has 0 radical (unpaired) electrons. The fourth-order valence-electron chi connectivity index (χ4n) is 3.84. The third kappa shape index (κ3) is 4.71. The van der Waals surface area contributed by atoms with E-state index in [1.165, 1.54) is 9.13 Å². The van der Waals surface area contributed by atoms with Crippen LogP contribution in [-0.4, -0.2) is 47.0 Å². The molecule has 1 fully saturated rings. The maximum absolute atomic E-state index is 13.4. The average Bonchev–Trinajstić information content (AvgIpc) is 2.95. The van der Waals surface area contributed by atoms with Crippen LogP contribution in [0.15, 0.2) is 53.1 Å². The summed E-state index contributed by atoms with van der Waals surface area (Å²) in [5.41, 5.74) is 3.05. The van der Waals surface area contributed by atoms with Crippen molar-refractivity contribution in [1.29, 1.82) is 0 Å². The average molecular weight is 536 g/mol. The summed E-state index contributed by atoms with van der Waals surface area (Å²) in [7, 11) is 0. The van der Waals surface area contributed by atoms with Gasteiger partial charge in [0.05, 0.1) is 5.02 Å². The Balaban J connectivity index is 1.50. The minimum Gasteiger partial charge on any atom is -0.360 e. The molecule has 0 atom stereocenters. The lowest BCUT2D eigenvalue weighted by molar-refractivity contribution is 0.0760. The Morgan fingerprint density at radius 1 is 1.13 bits per heavy atom. The molecule has 0 unspecified atom stereocenters. The van der Waals surface area contributed by atoms with E-state index in [0.717, 1.165) is 31.6 Å². The van der Waals surface area contributed by atoms with Crippen molar-refractivity contribution in [2.45, 2.75) is 19.9 Å². The molecule has 2 heterocycles. The zero-order chi connectivity index (χ0) is 21.1. The summed E-state index contributed by atoms with van der Waals surface area (Å²) in [6.45, 7) is 5.87. The first kappa shape index (κ1) is 21.3. The number of rotatable bonds is 4. The minimum atomic E-state index is -0.0419. The van der Waals surface area contributed by atoms with Crippen molar-refractivity contribution >= 4 is 40.1 Å². The van der Waals surface area contributed by atoms with Gasteiger partial charge in [-0.15, -0.1) is 0 Å². The molecule has 156 valence electrons. The molecular formula is C23H23ClIN3O2. The second-order valence-corrected chi connectivity index (χ2v) is 9.15. The molecule has 3 aromatic rings. The van der Waals surface area contributed by atoms with Gasteiger partial charge in [-0.3, -0.25) is 9.69 Å². The van der Waals surface area contributed by atoms with Gasteiger partial charge >= 0.3 is 0 Å². The molecule has 0 bridgehead atoms. The van der Waals surface area contributed by atoms with E-state index in [1.807, 2.05) is 23.1 Å². The summed E-state index contributed by atoms with van der Waals surface area (Å²) in [5, 5.41) is 4.70. The summed E-state index contributed by atoms with van der Waals surface area (Å²) in [6, 6.07) is 16.0. The molecule has 4 rings (SSSR count). The van der Waals surface area contributed by atoms with Gasteiger partial charge in [0.25, 0.3) is 5.91 Å². The van der Waals surface area contributed by atoms with E-state index in [4.69, 9.17) is 16.1 Å². The number of nitrogens with zero attached hydrogens (tertiary/aromatic N) is 3. The van der Waals surface area contributed by atoms with Crippen LogP contribution >= 0.6 is 34.2 Å². The zero-order valence-corrected chi connectivity index (χ0v) is 19.7. The summed E-state index contributed by atoms with van der Waals surface area (Å²) >= 11 is 8.69. The number of carbonyl (C=O) groups is 1. The maximum atomic E-state index is 13.4. The predicted octanol–water partition coefficient (Wildman–Crippen LogP) is 5.26. The number of benzene rings is 2. The van der Waals surface area contributed by atoms with Crippen molar-refractivity contribution in [3.05, 3.63) is 74.0 Å². The van der Waals surface area contributed by atoms with E-state index < -0.39 is 0 Å². The summed E-state index contributed by atoms with van der Waals surface area (Å²) in [6.07, 6.45) is 0.932. The van der Waals surface area contributed by atoms with Crippen LogP contribution in [0.4, 0.5) is 0 Å². The van der Waals surface area contributed by atoms with Gasteiger partial charge < -0.3 is 9.42 Å². The molecule has 1 saturated heterocycles. The van der Waals surface area contributed by atoms with E-state index >= 15 is 0 Å². The third-order valence-electron chi connectivity index (χ3n) is 5.38. The normalized spacial score (nSPS) is 15.2. The SMILES string of the molecule is Cc1onc(-c2ccccc2Cl)c1C(=O)N1CCCN(Cc2cccc(I)c2)CC1. The van der Waals surface area contributed by atoms with E-state index in [2.05, 4.69) is 56.9 Å². The molecule has 1 aromatic heterocycles. The van der Waals surface area contributed by atoms with Crippen LogP contribution in [0.2, 0.25) is 5.02 Å². The molecule has 1 aliphatic heterocycles. The largest absolute Gasteiger partial charge is 0.360 e. The monoisotopic (exact) mass is 535 g/mol. The van der Waals surface area contributed by atoms with Gasteiger partial charge in [0.2, 0.25) is 0 Å². The molecule has 0 aliphatic carbocycles. The second-order valence-electron chi connectivity index (χ2n) is 7.49. The van der Waals surface area contributed by atoms with Crippen molar-refractivity contribution in [3.63, 3.8) is 0 Å². The Bertz CT molecular complexity index is 1050. The molecule has 0 spiro atoms. The predicted molar refractivity (Wildman–Crippen MR) is 127 cm³/mol. The molecular weight excluding hydrogens is 513 g/mol. The van der Waals surface area contributed by atoms with Gasteiger partial charge in [-0.25, -0.2) is 0 Å². The smallest absolute Gasteiger partial charge is 0.259 e. The highest BCUT2D eigenvalue weighted by Crippen LogP contribution is 2.32. The number of aromatic nitrogens is 1. The first-order chi connectivity index (χ1) is 14.5. The van der Waals surface area contributed by atoms with Crippen LogP contribution in [0.1, 0.15) is 28.1 Å². The third-order valence-corrected chi connectivity index (χ3v) is 6.38. The molecule has 0 N–H and O–H groups in total. The lowest BCUT2D eigenvalue weighted by Crippen LogP contribution is -2.35. The number of amides is 1. The van der Waals surface area contributed by atoms with Gasteiger partial charge in [0.15, 0.2) is 0 Å². The highest BCUT2D eigenvalue weighted by molar-refractivity contribution is 14.1. The number of halogens is 2. The number of hydrogen-bond donors (Lipinski definition) is 0. The zero-order valence-electron chi connectivity index (χ0n) is 16.8. The Morgan fingerprint density at radius 3 is 2.77 bits per heavy atom. The summed E-state index contributed by atoms with van der Waals surface area (Å²) in [4.78, 5) is 17.7. The van der Waals surface area contributed by atoms with Crippen LogP contribution in [0.25, 0.3) is 11.3 Å². The van der Waals surface area contributed by atoms with Crippen molar-refractivity contribution in [1.82, 2.24) is 15.0 Å². The Hall–Kier alpha value is -1.90. The Labute approximate surface area is 195 Å². The molecule has 1 amide bonds. The van der Waals surface area contributed by atoms with Crippen LogP contribution in [-0.2, 0) is 6.54 Å². The van der Waals surface area contributed by atoms with Crippen LogP contribution in [0.3, 0.4) is 0 Å². The van der Waals surface area contributed by atoms with Gasteiger partial charge in [0.1, 0.15) is 17.0 Å². The molecule has 7 heteroatoms. The molecule has 30 heavy (non-hydrogen) atoms. The van der Waals surface area contributed by atoms with Crippen LogP contribution in [0, 0.1) is 10.5 Å². The van der Waals surface area contributed by atoms with Gasteiger partial charge in [-0.1, -0.05) is 47.1 Å². The van der Waals surface area contributed by atoms with Crippen molar-refractivity contribution in [2.75, 3.05) is 26.2 Å². The molecule has 2 aromatic carbocycles. The van der Waals surface area contributed by atoms with Gasteiger partial charge in [-0.2, -0.15) is 0 Å². The van der Waals surface area contributed by atoms with E-state index in [0.29, 0.717) is 35.1 Å². The van der Waals surface area contributed by atoms with Crippen molar-refractivity contribution in [3.8, 4) is 11.3 Å². The van der Waals surface area contributed by atoms with Crippen LogP contribution in [0.5, 0.6) is 0 Å². The van der Waals surface area contributed by atoms with Crippen molar-refractivity contribution < 1.29 is 9.32 Å². The first-order valence-corrected chi connectivity index (χ1v) is 11.5. The standard InChI is InChI=1S/C23H23ClIN3O2/c1-16-21(22(26-30-16)19-8-2-3-9-20(19)24)23(29)28-11-5-10-27(12-13-28)15-17-6-4-7-18(25)14-17/h2-4,6-9,14H,5,10-13,15H2,1H3. The highest BCUT2D eigenvalue weighted by Gasteiger charge is 2.28. The van der Waals surface area contributed by atoms with E-state index in [-0.39, 0.29) is 5.91 Å². The van der Waals surface area contributed by atoms with Crippen LogP contribution < -0.4 is 0 Å². The summed E-state index contributed by atoms with van der Waals surface area (Å²) in [5.74, 6) is 0.481. The molecule has 5 nitrogen and oxygen atoms in total. The van der Waals surface area contributed by atoms with E-state index in [1.54, 1.807) is 13.0 Å². The first-order valence-electron chi connectivity index (χ1n) is 10.00. The quantitative estimate of drug-likeness (QED) is 0.428. The highest BCUT2D eigenvalue weighted by atomic mass is 127. The number of hydrogen-bond acceptors (Lipinski definition) is 4. The number of aryl methyl sites for hydroxylation is 1. The minimum absolute atomic E-state index is 0.0419. The van der Waals surface area contributed by atoms with Gasteiger partial charge in [0, 0.05) is 41.9 Å². The fourth-order valence-corrected chi connectivity index (χ4v) is 4.68. The fraction of sp³-hybridized carbons (Fsp3) is 0.304. The number of carbonyl (C=O) groups excluding carboxylic acids is 1. The van der Waals surface area contributed by atoms with Gasteiger partial charge in [-0.05, 0) is 59.7 Å². The molecule has 1 aliphatic rings. The topological polar surface area (TPSA) is 49.6 Å². The molecule has 0 saturated carbocycles. The Kier molecular flexibility index (Phi) is 6.75. The Morgan fingerprint density at radius 2 is 1.97 bits per heavy atom. The lowest BCUT2D eigenvalue weighted by Gasteiger charge is -2.22. The second kappa shape index (κ2) is 9.49.